The smallest absolute Gasteiger partial charge is 0.160 e. The first-order chi connectivity index (χ1) is 49.2. The largest absolute Gasteiger partial charge is 0.504 e. The highest BCUT2D eigenvalue weighted by atomic mass is 33.1. The summed E-state index contributed by atoms with van der Waals surface area (Å²) in [5, 5.41) is 97.9. The van der Waals surface area contributed by atoms with Gasteiger partial charge in [-0.05, 0) is 203 Å². The maximum Gasteiger partial charge on any atom is 0.160 e. The topological polar surface area (TPSA) is 180 Å². The summed E-state index contributed by atoms with van der Waals surface area (Å²) in [6.45, 7) is -0.404. The molecule has 17 aliphatic rings. The number of methoxy groups -OCH3 is 1. The van der Waals surface area contributed by atoms with E-state index in [2.05, 4.69) is 102 Å². The molecule has 7 fully saturated rings. The van der Waals surface area contributed by atoms with Crippen molar-refractivity contribution in [1.29, 1.82) is 0 Å². The van der Waals surface area contributed by atoms with Crippen LogP contribution in [0.15, 0.2) is 125 Å². The lowest BCUT2D eigenvalue weighted by Crippen LogP contribution is -2.81. The second kappa shape index (κ2) is 21.4. The first-order valence-corrected chi connectivity index (χ1v) is 41.6. The lowest BCUT2D eigenvalue weighted by molar-refractivity contribution is -0.200. The van der Waals surface area contributed by atoms with E-state index < -0.39 is 93.5 Å². The summed E-state index contributed by atoms with van der Waals surface area (Å²) < 4.78 is 5.96. The number of allylic oxidation sites excluding steroid dienone is 5. The Kier molecular flexibility index (Phi) is 13.2. The van der Waals surface area contributed by atoms with Gasteiger partial charge in [-0.2, -0.15) is 0 Å². The predicted octanol–water partition coefficient (Wildman–Crippen LogP) is 14.3. The molecule has 0 radical (unpaired) electrons. The van der Waals surface area contributed by atoms with Crippen LogP contribution in [0.2, 0.25) is 0 Å². The number of fused-ring (bicyclic) bond motifs is 12. The fourth-order valence-corrected chi connectivity index (χ4v) is 32.8. The van der Waals surface area contributed by atoms with Gasteiger partial charge in [0, 0.05) is 99.7 Å². The number of ether oxygens (including phenoxy) is 1. The molecule has 520 valence electrons. The summed E-state index contributed by atoms with van der Waals surface area (Å²) in [6.07, 6.45) is 31.0. The lowest BCUT2D eigenvalue weighted by atomic mass is 9.25. The van der Waals surface area contributed by atoms with E-state index in [-0.39, 0.29) is 98.7 Å². The van der Waals surface area contributed by atoms with Crippen LogP contribution in [0.3, 0.4) is 0 Å². The molecule has 101 heavy (non-hydrogen) atoms. The third-order valence-corrected chi connectivity index (χ3v) is 35.6. The van der Waals surface area contributed by atoms with E-state index in [9.17, 15) is 30.6 Å². The fourth-order valence-electron chi connectivity index (χ4n) is 29.8. The molecule has 0 amide bonds. The van der Waals surface area contributed by atoms with Crippen LogP contribution >= 0.6 is 21.6 Å². The standard InChI is InChI=1S/C89H93NO9S2/c1-99-72-40-55(48(43-91)32-70(72)95)54-37-71(96)75-51-21-30-85-27-11-16-66-52(18-17-47(54)31-46-13-4-2-5-14-46)79(80(75)97)89-62-41-69(94)68(93)39-59(62)60-42-74(89)87-45-86(60)28-10-15-49(86)34-61(87)56-38-67(92)63-36-57(56)76-73(20-19-53(78(76)87)81(89)90-66)101-100-44-65(82(85)98)88(29-12-24-83(88)22-8-9-23-83)64-35-50(33-58(51)77(64)85)84(63)25-6-3-7-26-84/h2,4-5,13-14,19-21,30,32-36,39-41,47,49,51-54,56,60,65-67,73-75,78-82,90-95,97-98H,3,6-10,12,15-16,22-26,28-29,31,37-38,42-45H2,1H3. The van der Waals surface area contributed by atoms with E-state index in [0.717, 1.165) is 148 Å². The van der Waals surface area contributed by atoms with Crippen LogP contribution in [-0.4, -0.2) is 90.0 Å². The van der Waals surface area contributed by atoms with Gasteiger partial charge in [0.2, 0.25) is 0 Å². The van der Waals surface area contributed by atoms with Gasteiger partial charge in [0.05, 0.1) is 43.2 Å². The molecule has 15 aliphatic carbocycles. The third-order valence-electron chi connectivity index (χ3n) is 33.0. The molecular weight excluding hydrogens is 1290 g/mol. The van der Waals surface area contributed by atoms with Crippen molar-refractivity contribution in [1.82, 2.24) is 5.32 Å². The van der Waals surface area contributed by atoms with Gasteiger partial charge in [-0.15, -0.1) is 5.92 Å². The van der Waals surface area contributed by atoms with Gasteiger partial charge in [-0.25, -0.2) is 0 Å². The number of nitrogens with one attached hydrogen (secondary N) is 1. The molecule has 8 N–H and O–H groups in total. The minimum Gasteiger partial charge on any atom is -0.504 e. The normalized spacial score (nSPS) is 44.2. The van der Waals surface area contributed by atoms with Gasteiger partial charge < -0.3 is 45.8 Å². The van der Waals surface area contributed by atoms with Crippen molar-refractivity contribution in [2.45, 2.75) is 217 Å². The number of carbonyl (C=O) groups excluding carboxylic acids is 1. The fraction of sp³-hybridized carbons (Fsp3) is 0.562. The molecule has 4 aromatic carbocycles. The maximum atomic E-state index is 18.2. The number of Topliss-reactive ketones (excluding diaryl/α,β-unsaturated/α-hetero) is 1. The highest BCUT2D eigenvalue weighted by Crippen LogP contribution is 2.85. The number of rotatable bonds is 5. The molecule has 2 heterocycles. The Morgan fingerprint density at radius 1 is 0.792 bits per heavy atom. The quantitative estimate of drug-likeness (QED) is 0.0411. The Balaban J connectivity index is 0.939. The van der Waals surface area contributed by atoms with Gasteiger partial charge >= 0.3 is 0 Å². The summed E-state index contributed by atoms with van der Waals surface area (Å²) in [6, 6.07) is 22.0. The number of carbonyl (C=O) groups is 1. The second-order valence-corrected chi connectivity index (χ2v) is 38.2. The van der Waals surface area contributed by atoms with Crippen LogP contribution in [0.4, 0.5) is 0 Å². The zero-order valence-corrected chi connectivity index (χ0v) is 59.4. The highest BCUT2D eigenvalue weighted by Gasteiger charge is 2.82. The minimum atomic E-state index is -1.36. The molecule has 10 nitrogen and oxygen atoms in total. The Hall–Kier alpha value is -5.93. The zero-order valence-electron chi connectivity index (χ0n) is 57.8. The Morgan fingerprint density at radius 2 is 1.61 bits per heavy atom. The number of hydrogen-bond acceptors (Lipinski definition) is 12. The molecule has 24 unspecified atom stereocenters. The van der Waals surface area contributed by atoms with Crippen molar-refractivity contribution in [2.24, 2.45) is 75.4 Å². The lowest BCUT2D eigenvalue weighted by Gasteiger charge is -2.79. The number of piperidine rings is 1. The van der Waals surface area contributed by atoms with Crippen LogP contribution < -0.4 is 10.1 Å². The summed E-state index contributed by atoms with van der Waals surface area (Å²) in [4.78, 5) is 18.2. The number of aliphatic hydroxyl groups excluding tert-OH is 4. The summed E-state index contributed by atoms with van der Waals surface area (Å²) in [7, 11) is 5.59. The van der Waals surface area contributed by atoms with Crippen LogP contribution in [0.1, 0.15) is 196 Å². The van der Waals surface area contributed by atoms with Crippen LogP contribution in [0.25, 0.3) is 0 Å². The molecular formula is C89H93NO9S2. The zero-order chi connectivity index (χ0) is 67.8. The molecule has 12 heteroatoms. The molecule has 4 aromatic rings. The van der Waals surface area contributed by atoms with Gasteiger partial charge in [0.15, 0.2) is 23.0 Å². The summed E-state index contributed by atoms with van der Waals surface area (Å²) in [5.74, 6) is 12.4. The number of phenols is 3. The SMILES string of the molecule is COc1cc(C2CC(=O)C3C4C=CC56C#CCC7NC8C9C=CC%10SSCC(C5O)C5(CCCC5%11CCCC%11)c5cc(cc4c56)C4(CCCCC4)C4=CC5=C%10C9C69CC%10(CCCC%10C=C6C5CC4O)C4CC9C8(c5cc(O)c(O)cc54)C(C3O)C7C#CC2Cc2ccccc2)c(CO)cc1O. The van der Waals surface area contributed by atoms with E-state index in [0.29, 0.717) is 30.4 Å². The van der Waals surface area contributed by atoms with Crippen molar-refractivity contribution in [3.8, 4) is 46.7 Å². The van der Waals surface area contributed by atoms with Crippen LogP contribution in [-0.2, 0) is 39.5 Å². The predicted molar refractivity (Wildman–Crippen MR) is 391 cm³/mol. The molecule has 0 aromatic heterocycles. The average molecular weight is 1380 g/mol. The van der Waals surface area contributed by atoms with Crippen molar-refractivity contribution in [3.05, 3.63) is 176 Å². The van der Waals surface area contributed by atoms with E-state index >= 15 is 9.90 Å². The van der Waals surface area contributed by atoms with Crippen molar-refractivity contribution < 1.29 is 45.3 Å². The maximum absolute atomic E-state index is 18.2. The number of ketones is 1. The van der Waals surface area contributed by atoms with Crippen LogP contribution in [0.5, 0.6) is 23.0 Å². The summed E-state index contributed by atoms with van der Waals surface area (Å²) in [5.41, 5.74) is 10.5. The van der Waals surface area contributed by atoms with E-state index in [1.807, 2.05) is 45.9 Å². The monoisotopic (exact) mass is 1380 g/mol. The number of benzene rings is 4. The van der Waals surface area contributed by atoms with Crippen molar-refractivity contribution in [2.75, 3.05) is 12.9 Å². The highest BCUT2D eigenvalue weighted by molar-refractivity contribution is 8.77. The Labute approximate surface area is 601 Å². The minimum absolute atomic E-state index is 0.00258. The Morgan fingerprint density at radius 3 is 2.45 bits per heavy atom. The third kappa shape index (κ3) is 7.50. The molecule has 24 atom stereocenters. The molecule has 1 saturated heterocycles. The summed E-state index contributed by atoms with van der Waals surface area (Å²) >= 11 is 0. The first kappa shape index (κ1) is 62.4. The number of hydrogen-bond donors (Lipinski definition) is 8. The van der Waals surface area contributed by atoms with Crippen molar-refractivity contribution >= 4 is 27.4 Å². The molecule has 15 bridgehead atoms. The number of aliphatic hydroxyl groups is 4. The molecule has 21 rings (SSSR count). The molecule has 2 aliphatic heterocycles. The van der Waals surface area contributed by atoms with Crippen molar-refractivity contribution in [3.63, 3.8) is 0 Å². The van der Waals surface area contributed by atoms with E-state index in [4.69, 9.17) is 4.74 Å². The number of phenolic OH excluding ortho intramolecular Hbond substituents is 3. The van der Waals surface area contributed by atoms with Gasteiger partial charge in [0.25, 0.3) is 0 Å². The Bertz CT molecular complexity index is 4620. The number of aromatic hydroxyl groups is 3. The van der Waals surface area contributed by atoms with E-state index in [1.165, 1.54) is 35.0 Å². The van der Waals surface area contributed by atoms with Gasteiger partial charge in [-0.1, -0.05) is 169 Å². The molecule has 7 spiro atoms. The van der Waals surface area contributed by atoms with Gasteiger partial charge in [-0.3, -0.25) is 4.79 Å². The van der Waals surface area contributed by atoms with Gasteiger partial charge in [0.1, 0.15) is 11.2 Å². The second-order valence-electron chi connectivity index (χ2n) is 35.6. The first-order valence-electron chi connectivity index (χ1n) is 39.2. The van der Waals surface area contributed by atoms with Crippen LogP contribution in [0, 0.1) is 99.1 Å². The average Bonchev–Trinajstić information content (AvgIpc) is 1.25. The molecule has 6 saturated carbocycles. The van der Waals surface area contributed by atoms with E-state index in [1.54, 1.807) is 6.07 Å².